The number of fused-ring (bicyclic) bond motifs is 1. The van der Waals surface area contributed by atoms with E-state index < -0.39 is 11.9 Å². The van der Waals surface area contributed by atoms with Gasteiger partial charge in [-0.15, -0.1) is 0 Å². The molecule has 0 saturated heterocycles. The third-order valence-corrected chi connectivity index (χ3v) is 3.68. The second-order valence-electron chi connectivity index (χ2n) is 5.55. The molecule has 21 heavy (non-hydrogen) atoms. The minimum atomic E-state index is -4.40. The van der Waals surface area contributed by atoms with Crippen LogP contribution in [0.5, 0.6) is 0 Å². The summed E-state index contributed by atoms with van der Waals surface area (Å²) in [5, 5.41) is 3.11. The van der Waals surface area contributed by atoms with Gasteiger partial charge >= 0.3 is 6.18 Å². The van der Waals surface area contributed by atoms with E-state index in [1.807, 2.05) is 13.8 Å². The molecule has 2 aromatic rings. The highest BCUT2D eigenvalue weighted by Gasteiger charge is 2.36. The third kappa shape index (κ3) is 2.75. The van der Waals surface area contributed by atoms with Gasteiger partial charge in [0, 0.05) is 12.7 Å². The second kappa shape index (κ2) is 4.79. The Morgan fingerprint density at radius 3 is 2.48 bits per heavy atom. The van der Waals surface area contributed by atoms with E-state index in [2.05, 4.69) is 28.5 Å². The normalized spacial score (nSPS) is 18.2. The number of alkyl halides is 3. The molecule has 1 N–H and O–H groups in total. The molecule has 2 heterocycles. The van der Waals surface area contributed by atoms with Gasteiger partial charge in [0.05, 0.1) is 6.04 Å². The molecule has 1 unspecified atom stereocenters. The molecule has 0 saturated carbocycles. The molecule has 0 aliphatic carbocycles. The summed E-state index contributed by atoms with van der Waals surface area (Å²) >= 11 is 0. The average molecular weight is 295 g/mol. The number of imidazole rings is 1. The van der Waals surface area contributed by atoms with E-state index in [1.54, 1.807) is 0 Å². The van der Waals surface area contributed by atoms with Crippen LogP contribution < -0.4 is 5.32 Å². The van der Waals surface area contributed by atoms with Crippen LogP contribution in [0.4, 0.5) is 19.1 Å². The van der Waals surface area contributed by atoms with Crippen LogP contribution in [-0.2, 0) is 12.7 Å². The maximum absolute atomic E-state index is 12.7. The summed E-state index contributed by atoms with van der Waals surface area (Å²) in [6, 6.07) is 6.20. The molecule has 0 fully saturated rings. The number of aromatic nitrogens is 2. The second-order valence-corrected chi connectivity index (χ2v) is 5.55. The van der Waals surface area contributed by atoms with Gasteiger partial charge in [0.15, 0.2) is 5.69 Å². The van der Waals surface area contributed by atoms with Gasteiger partial charge in [0.25, 0.3) is 0 Å². The quantitative estimate of drug-likeness (QED) is 0.859. The largest absolute Gasteiger partial charge is 0.434 e. The number of hydrogen-bond donors (Lipinski definition) is 1. The molecule has 0 spiro atoms. The predicted molar refractivity (Wildman–Crippen MR) is 74.1 cm³/mol. The van der Waals surface area contributed by atoms with Crippen molar-refractivity contribution >= 4 is 5.95 Å². The van der Waals surface area contributed by atoms with Crippen molar-refractivity contribution < 1.29 is 13.2 Å². The van der Waals surface area contributed by atoms with Crippen LogP contribution in [0, 0.1) is 13.8 Å². The van der Waals surface area contributed by atoms with E-state index in [-0.39, 0.29) is 12.0 Å². The fourth-order valence-electron chi connectivity index (χ4n) is 2.80. The monoisotopic (exact) mass is 295 g/mol. The van der Waals surface area contributed by atoms with Crippen molar-refractivity contribution in [1.82, 2.24) is 9.55 Å². The topological polar surface area (TPSA) is 29.9 Å². The zero-order valence-electron chi connectivity index (χ0n) is 11.8. The number of aryl methyl sites for hydroxylation is 3. The van der Waals surface area contributed by atoms with E-state index in [4.69, 9.17) is 0 Å². The maximum atomic E-state index is 12.7. The summed E-state index contributed by atoms with van der Waals surface area (Å²) in [6.07, 6.45) is -2.59. The molecule has 0 amide bonds. The zero-order chi connectivity index (χ0) is 15.2. The van der Waals surface area contributed by atoms with Gasteiger partial charge in [-0.3, -0.25) is 0 Å². The smallest absolute Gasteiger partial charge is 0.349 e. The highest BCUT2D eigenvalue weighted by molar-refractivity contribution is 5.39. The van der Waals surface area contributed by atoms with Crippen LogP contribution in [-0.4, -0.2) is 9.55 Å². The Morgan fingerprint density at radius 2 is 1.86 bits per heavy atom. The zero-order valence-corrected chi connectivity index (χ0v) is 11.8. The maximum Gasteiger partial charge on any atom is 0.434 e. The van der Waals surface area contributed by atoms with Crippen molar-refractivity contribution in [3.8, 4) is 0 Å². The SMILES string of the molecule is Cc1cc(C)cc(C2CCn3cc(C(F)(F)F)nc3N2)c1. The first-order valence-corrected chi connectivity index (χ1v) is 6.82. The summed E-state index contributed by atoms with van der Waals surface area (Å²) in [6.45, 7) is 4.56. The molecule has 1 aromatic heterocycles. The molecule has 112 valence electrons. The Morgan fingerprint density at radius 1 is 1.19 bits per heavy atom. The number of anilines is 1. The van der Waals surface area contributed by atoms with Gasteiger partial charge in [-0.25, -0.2) is 4.98 Å². The Kier molecular flexibility index (Phi) is 3.19. The first-order chi connectivity index (χ1) is 9.83. The first-order valence-electron chi connectivity index (χ1n) is 6.82. The Hall–Kier alpha value is -1.98. The van der Waals surface area contributed by atoms with E-state index in [1.165, 1.54) is 4.57 Å². The molecule has 3 rings (SSSR count). The standard InChI is InChI=1S/C15H16F3N3/c1-9-5-10(2)7-11(6-9)12-3-4-21-8-13(15(16,17)18)20-14(21)19-12/h5-8,12H,3-4H2,1-2H3,(H,19,20). The summed E-state index contributed by atoms with van der Waals surface area (Å²) in [5.74, 6) is 0.290. The van der Waals surface area contributed by atoms with Crippen LogP contribution >= 0.6 is 0 Å². The molecule has 1 atom stereocenters. The van der Waals surface area contributed by atoms with Crippen molar-refractivity contribution in [2.24, 2.45) is 0 Å². The minimum absolute atomic E-state index is 0.000385. The van der Waals surface area contributed by atoms with Crippen molar-refractivity contribution in [3.05, 3.63) is 46.8 Å². The summed E-state index contributed by atoms with van der Waals surface area (Å²) in [5.41, 5.74) is 2.55. The van der Waals surface area contributed by atoms with Gasteiger partial charge < -0.3 is 9.88 Å². The highest BCUT2D eigenvalue weighted by Crippen LogP contribution is 2.34. The lowest BCUT2D eigenvalue weighted by molar-refractivity contribution is -0.140. The van der Waals surface area contributed by atoms with Gasteiger partial charge in [-0.2, -0.15) is 13.2 Å². The highest BCUT2D eigenvalue weighted by atomic mass is 19.4. The van der Waals surface area contributed by atoms with Crippen LogP contribution in [0.3, 0.4) is 0 Å². The van der Waals surface area contributed by atoms with Crippen LogP contribution in [0.1, 0.15) is 34.8 Å². The lowest BCUT2D eigenvalue weighted by Gasteiger charge is -2.26. The van der Waals surface area contributed by atoms with Crippen molar-refractivity contribution in [2.75, 3.05) is 5.32 Å². The Bertz CT molecular complexity index is 653. The average Bonchev–Trinajstić information content (AvgIpc) is 2.80. The minimum Gasteiger partial charge on any atom is -0.349 e. The van der Waals surface area contributed by atoms with E-state index in [0.29, 0.717) is 6.54 Å². The lowest BCUT2D eigenvalue weighted by atomic mass is 9.98. The van der Waals surface area contributed by atoms with Crippen LogP contribution in [0.15, 0.2) is 24.4 Å². The molecule has 1 aliphatic rings. The molecular formula is C15H16F3N3. The molecule has 6 heteroatoms. The first kappa shape index (κ1) is 14.0. The third-order valence-electron chi connectivity index (χ3n) is 3.68. The Labute approximate surface area is 120 Å². The van der Waals surface area contributed by atoms with Gasteiger partial charge in [-0.1, -0.05) is 29.3 Å². The number of nitrogens with zero attached hydrogens (tertiary/aromatic N) is 2. The fourth-order valence-corrected chi connectivity index (χ4v) is 2.80. The summed E-state index contributed by atoms with van der Waals surface area (Å²) < 4.78 is 39.6. The van der Waals surface area contributed by atoms with E-state index in [9.17, 15) is 13.2 Å². The number of nitrogens with one attached hydrogen (secondary N) is 1. The van der Waals surface area contributed by atoms with Crippen LogP contribution in [0.2, 0.25) is 0 Å². The lowest BCUT2D eigenvalue weighted by Crippen LogP contribution is -2.22. The van der Waals surface area contributed by atoms with Gasteiger partial charge in [0.1, 0.15) is 0 Å². The summed E-state index contributed by atoms with van der Waals surface area (Å²) in [4.78, 5) is 3.67. The van der Waals surface area contributed by atoms with Crippen molar-refractivity contribution in [2.45, 2.75) is 39.0 Å². The molecule has 3 nitrogen and oxygen atoms in total. The number of rotatable bonds is 1. The van der Waals surface area contributed by atoms with E-state index >= 15 is 0 Å². The van der Waals surface area contributed by atoms with Gasteiger partial charge in [0.2, 0.25) is 5.95 Å². The number of halogens is 3. The number of benzene rings is 1. The van der Waals surface area contributed by atoms with Crippen molar-refractivity contribution in [1.29, 1.82) is 0 Å². The molecule has 1 aliphatic heterocycles. The molecule has 0 bridgehead atoms. The van der Waals surface area contributed by atoms with Crippen LogP contribution in [0.25, 0.3) is 0 Å². The molecular weight excluding hydrogens is 279 g/mol. The fraction of sp³-hybridized carbons (Fsp3) is 0.400. The van der Waals surface area contributed by atoms with Crippen molar-refractivity contribution in [3.63, 3.8) is 0 Å². The van der Waals surface area contributed by atoms with Gasteiger partial charge in [-0.05, 0) is 25.8 Å². The van der Waals surface area contributed by atoms with E-state index in [0.717, 1.165) is 29.3 Å². The predicted octanol–water partition coefficient (Wildman–Crippen LogP) is 4.08. The Balaban J connectivity index is 1.89. The molecule has 0 radical (unpaired) electrons. The molecule has 1 aromatic carbocycles. The number of hydrogen-bond acceptors (Lipinski definition) is 2. The summed E-state index contributed by atoms with van der Waals surface area (Å²) in [7, 11) is 0.